The van der Waals surface area contributed by atoms with Crippen molar-refractivity contribution in [2.75, 3.05) is 33.2 Å². The van der Waals surface area contributed by atoms with Crippen LogP contribution in [0, 0.1) is 0 Å². The Kier molecular flexibility index (Phi) is 9.85. The molecule has 1 aliphatic carbocycles. The molecule has 0 aromatic heterocycles. The lowest BCUT2D eigenvalue weighted by Crippen LogP contribution is -2.54. The van der Waals surface area contributed by atoms with Crippen molar-refractivity contribution in [1.29, 1.82) is 0 Å². The zero-order valence-corrected chi connectivity index (χ0v) is 19.3. The molecule has 1 aliphatic heterocycles. The summed E-state index contributed by atoms with van der Waals surface area (Å²) in [7, 11) is -1.59. The molecule has 166 valence electrons. The van der Waals surface area contributed by atoms with Gasteiger partial charge in [-0.3, -0.25) is 4.79 Å². The second kappa shape index (κ2) is 10.9. The average molecular weight is 467 g/mol. The summed E-state index contributed by atoms with van der Waals surface area (Å²) in [4.78, 5) is 15.0. The number of carbonyl (C=O) groups is 1. The largest absolute Gasteiger partial charge is 0.350 e. The van der Waals surface area contributed by atoms with Gasteiger partial charge >= 0.3 is 0 Å². The Bertz CT molecular complexity index is 777. The van der Waals surface area contributed by atoms with Crippen molar-refractivity contribution in [2.24, 2.45) is 5.73 Å². The number of sulfonamides is 1. The van der Waals surface area contributed by atoms with Crippen molar-refractivity contribution in [2.45, 2.75) is 49.1 Å². The lowest BCUT2D eigenvalue weighted by Gasteiger charge is -2.33. The topological polar surface area (TPSA) is 95.7 Å². The molecule has 10 heteroatoms. The number of carbonyl (C=O) groups excluding carboxylic acids is 1. The summed E-state index contributed by atoms with van der Waals surface area (Å²) < 4.78 is 27.7. The summed E-state index contributed by atoms with van der Waals surface area (Å²) in [5, 5.41) is 2.88. The maximum Gasteiger partial charge on any atom is 0.243 e. The van der Waals surface area contributed by atoms with Crippen LogP contribution in [0.4, 0.5) is 0 Å². The van der Waals surface area contributed by atoms with Gasteiger partial charge in [-0.1, -0.05) is 37.5 Å². The van der Waals surface area contributed by atoms with Crippen LogP contribution in [0.25, 0.3) is 0 Å². The number of nitrogens with two attached hydrogens (primary N) is 1. The van der Waals surface area contributed by atoms with Crippen molar-refractivity contribution in [3.63, 3.8) is 0 Å². The molecule has 2 fully saturated rings. The molecule has 0 radical (unpaired) electrons. The number of benzene rings is 1. The molecule has 1 heterocycles. The molecule has 1 aromatic carbocycles. The lowest BCUT2D eigenvalue weighted by molar-refractivity contribution is -0.127. The van der Waals surface area contributed by atoms with E-state index in [2.05, 4.69) is 10.2 Å². The van der Waals surface area contributed by atoms with Crippen LogP contribution in [0.3, 0.4) is 0 Å². The third kappa shape index (κ3) is 6.06. The van der Waals surface area contributed by atoms with Crippen LogP contribution in [-0.4, -0.2) is 62.3 Å². The summed E-state index contributed by atoms with van der Waals surface area (Å²) in [6, 6.07) is 6.89. The van der Waals surface area contributed by atoms with E-state index in [1.165, 1.54) is 4.31 Å². The number of hydrogen-bond acceptors (Lipinski definition) is 5. The number of rotatable bonds is 5. The van der Waals surface area contributed by atoms with Gasteiger partial charge in [0.15, 0.2) is 0 Å². The summed E-state index contributed by atoms with van der Waals surface area (Å²) in [5.41, 5.74) is 6.05. The Morgan fingerprint density at radius 1 is 1.07 bits per heavy atom. The predicted molar refractivity (Wildman–Crippen MR) is 119 cm³/mol. The quantitative estimate of drug-likeness (QED) is 0.688. The van der Waals surface area contributed by atoms with E-state index in [1.54, 1.807) is 24.3 Å². The van der Waals surface area contributed by atoms with Crippen LogP contribution in [0.1, 0.15) is 37.7 Å². The smallest absolute Gasteiger partial charge is 0.243 e. The molecule has 1 amide bonds. The molecule has 0 atom stereocenters. The first-order valence-electron chi connectivity index (χ1n) is 9.67. The first kappa shape index (κ1) is 26.1. The van der Waals surface area contributed by atoms with Gasteiger partial charge in [0.2, 0.25) is 15.9 Å². The highest BCUT2D eigenvalue weighted by atomic mass is 35.5. The van der Waals surface area contributed by atoms with Crippen molar-refractivity contribution in [3.8, 4) is 0 Å². The van der Waals surface area contributed by atoms with Gasteiger partial charge in [-0.25, -0.2) is 8.42 Å². The fourth-order valence-electron chi connectivity index (χ4n) is 3.83. The highest BCUT2D eigenvalue weighted by Crippen LogP contribution is 2.26. The van der Waals surface area contributed by atoms with Crippen LogP contribution >= 0.6 is 24.8 Å². The molecular weight excluding hydrogens is 435 g/mol. The van der Waals surface area contributed by atoms with Gasteiger partial charge in [0.25, 0.3) is 0 Å². The number of halogens is 2. The molecular formula is C19H32Cl2N4O3S. The Morgan fingerprint density at radius 3 is 2.28 bits per heavy atom. The zero-order chi connectivity index (χ0) is 19.5. The van der Waals surface area contributed by atoms with Crippen molar-refractivity contribution in [1.82, 2.24) is 14.5 Å². The SMILES string of the molecule is CN1CCN(S(=O)(=O)c2ccccc2CNC(=O)C2(N)CCCCC2)CC1.Cl.Cl. The van der Waals surface area contributed by atoms with Gasteiger partial charge in [-0.05, 0) is 31.5 Å². The third-order valence-electron chi connectivity index (χ3n) is 5.69. The van der Waals surface area contributed by atoms with Gasteiger partial charge in [-0.15, -0.1) is 24.8 Å². The Balaban J connectivity index is 0.00000210. The van der Waals surface area contributed by atoms with E-state index in [4.69, 9.17) is 5.73 Å². The van der Waals surface area contributed by atoms with Crippen molar-refractivity contribution >= 4 is 40.7 Å². The highest BCUT2D eigenvalue weighted by Gasteiger charge is 2.35. The van der Waals surface area contributed by atoms with Crippen LogP contribution < -0.4 is 11.1 Å². The minimum atomic E-state index is -3.58. The van der Waals surface area contributed by atoms with Crippen molar-refractivity contribution < 1.29 is 13.2 Å². The molecule has 3 N–H and O–H groups in total. The van der Waals surface area contributed by atoms with Crippen LogP contribution in [0.5, 0.6) is 0 Å². The normalized spacial score (nSPS) is 20.2. The standard InChI is InChI=1S/C19H30N4O3S.2ClH/c1-22-11-13-23(14-12-22)27(25,26)17-8-4-3-7-16(17)15-21-18(24)19(20)9-5-2-6-10-19;;/h3-4,7-8H,2,5-6,9-15,20H2,1H3,(H,21,24);2*1H. The molecule has 1 aromatic rings. The number of nitrogens with one attached hydrogen (secondary N) is 1. The van der Waals surface area contributed by atoms with Crippen LogP contribution in [0.15, 0.2) is 29.2 Å². The fraction of sp³-hybridized carbons (Fsp3) is 0.632. The molecule has 0 unspecified atom stereocenters. The predicted octanol–water partition coefficient (Wildman–Crippen LogP) is 1.74. The maximum absolute atomic E-state index is 13.1. The molecule has 29 heavy (non-hydrogen) atoms. The van der Waals surface area contributed by atoms with E-state index >= 15 is 0 Å². The monoisotopic (exact) mass is 466 g/mol. The fourth-order valence-corrected chi connectivity index (χ4v) is 5.47. The number of amides is 1. The first-order valence-corrected chi connectivity index (χ1v) is 11.1. The molecule has 1 saturated heterocycles. The minimum absolute atomic E-state index is 0. The summed E-state index contributed by atoms with van der Waals surface area (Å²) >= 11 is 0. The Labute approximate surface area is 186 Å². The Hall–Kier alpha value is -0.900. The Morgan fingerprint density at radius 2 is 1.66 bits per heavy atom. The zero-order valence-electron chi connectivity index (χ0n) is 16.8. The summed E-state index contributed by atoms with van der Waals surface area (Å²) in [6.07, 6.45) is 4.38. The molecule has 7 nitrogen and oxygen atoms in total. The van der Waals surface area contributed by atoms with E-state index in [1.807, 2.05) is 7.05 Å². The second-order valence-electron chi connectivity index (χ2n) is 7.71. The molecule has 0 bridgehead atoms. The first-order chi connectivity index (χ1) is 12.8. The molecule has 1 saturated carbocycles. The molecule has 2 aliphatic rings. The number of nitrogens with zero attached hydrogens (tertiary/aromatic N) is 2. The van der Waals surface area contributed by atoms with Gasteiger partial charge in [0, 0.05) is 32.7 Å². The van der Waals surface area contributed by atoms with E-state index in [-0.39, 0.29) is 42.2 Å². The van der Waals surface area contributed by atoms with E-state index < -0.39 is 15.6 Å². The van der Waals surface area contributed by atoms with Gasteiger partial charge in [0.05, 0.1) is 10.4 Å². The van der Waals surface area contributed by atoms with Gasteiger partial charge < -0.3 is 16.0 Å². The lowest BCUT2D eigenvalue weighted by atomic mass is 9.82. The summed E-state index contributed by atoms with van der Waals surface area (Å²) in [6.45, 7) is 2.56. The van der Waals surface area contributed by atoms with Crippen LogP contribution in [-0.2, 0) is 21.4 Å². The van der Waals surface area contributed by atoms with E-state index in [0.29, 0.717) is 44.6 Å². The number of likely N-dealkylation sites (N-methyl/N-ethyl adjacent to an activating group) is 1. The van der Waals surface area contributed by atoms with E-state index in [0.717, 1.165) is 19.3 Å². The number of hydrogen-bond donors (Lipinski definition) is 2. The average Bonchev–Trinajstić information content (AvgIpc) is 2.67. The third-order valence-corrected chi connectivity index (χ3v) is 7.69. The molecule has 0 spiro atoms. The maximum atomic E-state index is 13.1. The summed E-state index contributed by atoms with van der Waals surface area (Å²) in [5.74, 6) is -0.186. The van der Waals surface area contributed by atoms with E-state index in [9.17, 15) is 13.2 Å². The van der Waals surface area contributed by atoms with Gasteiger partial charge in [-0.2, -0.15) is 4.31 Å². The highest BCUT2D eigenvalue weighted by molar-refractivity contribution is 7.89. The molecule has 3 rings (SSSR count). The second-order valence-corrected chi connectivity index (χ2v) is 9.62. The van der Waals surface area contributed by atoms with Gasteiger partial charge in [0.1, 0.15) is 0 Å². The number of piperazine rings is 1. The van der Waals surface area contributed by atoms with Crippen molar-refractivity contribution in [3.05, 3.63) is 29.8 Å². The van der Waals surface area contributed by atoms with Crippen LogP contribution in [0.2, 0.25) is 0 Å². The minimum Gasteiger partial charge on any atom is -0.350 e.